The highest BCUT2D eigenvalue weighted by atomic mass is 19.2. The highest BCUT2D eigenvalue weighted by molar-refractivity contribution is 5.88. The van der Waals surface area contributed by atoms with Gasteiger partial charge in [-0.15, -0.1) is 0 Å². The van der Waals surface area contributed by atoms with E-state index >= 15 is 0 Å². The van der Waals surface area contributed by atoms with Crippen molar-refractivity contribution < 1.29 is 27.8 Å². The van der Waals surface area contributed by atoms with Crippen LogP contribution in [-0.4, -0.2) is 59.6 Å². The average Bonchev–Trinajstić information content (AvgIpc) is 3.74. The fourth-order valence-corrected chi connectivity index (χ4v) is 7.98. The minimum Gasteiger partial charge on any atom is -0.454 e. The predicted octanol–water partition coefficient (Wildman–Crippen LogP) is 5.40. The van der Waals surface area contributed by atoms with Crippen LogP contribution in [0.4, 0.5) is 8.78 Å². The van der Waals surface area contributed by atoms with Gasteiger partial charge in [0.2, 0.25) is 0 Å². The summed E-state index contributed by atoms with van der Waals surface area (Å²) in [5.41, 5.74) is 3.15. The summed E-state index contributed by atoms with van der Waals surface area (Å²) in [6, 6.07) is 4.26. The number of aromatic nitrogens is 2. The molecule has 2 atom stereocenters. The van der Waals surface area contributed by atoms with Crippen LogP contribution in [0.5, 0.6) is 0 Å². The van der Waals surface area contributed by atoms with Crippen molar-refractivity contribution in [2.24, 2.45) is 5.92 Å². The predicted molar refractivity (Wildman–Crippen MR) is 160 cm³/mol. The second-order valence-electron chi connectivity index (χ2n) is 12.9. The standard InChI is InChI=1S/C34H39F2N3O5/c1-4-34(44-29(40)8-11-38-9-6-5-7-10-38)23-16-28-31-22(30(19(2)3)21-15-25(35)26(36)17-27(21)37-31)18-39(28)32(41)20(23)14-24(34)33-42-12-13-43-33/h15-17,19,24,33H,4-14,18H2,1-3H3. The van der Waals surface area contributed by atoms with E-state index in [1.807, 2.05) is 26.8 Å². The number of rotatable bonds is 7. The Morgan fingerprint density at radius 1 is 1.09 bits per heavy atom. The van der Waals surface area contributed by atoms with Gasteiger partial charge in [0, 0.05) is 34.7 Å². The minimum atomic E-state index is -1.12. The zero-order chi connectivity index (χ0) is 30.7. The van der Waals surface area contributed by atoms with Gasteiger partial charge in [-0.3, -0.25) is 9.59 Å². The van der Waals surface area contributed by atoms with Crippen molar-refractivity contribution >= 4 is 16.9 Å². The molecule has 7 rings (SSSR count). The monoisotopic (exact) mass is 607 g/mol. The van der Waals surface area contributed by atoms with E-state index in [2.05, 4.69) is 4.90 Å². The molecule has 2 unspecified atom stereocenters. The zero-order valence-electron chi connectivity index (χ0n) is 25.6. The summed E-state index contributed by atoms with van der Waals surface area (Å²) in [4.78, 5) is 34.9. The summed E-state index contributed by atoms with van der Waals surface area (Å²) >= 11 is 0. The van der Waals surface area contributed by atoms with Gasteiger partial charge in [0.25, 0.3) is 5.56 Å². The number of likely N-dealkylation sites (tertiary alicyclic amines) is 1. The van der Waals surface area contributed by atoms with Crippen LogP contribution in [0.3, 0.4) is 0 Å². The molecule has 4 aliphatic rings. The fraction of sp³-hybridized carbons (Fsp3) is 0.559. The largest absolute Gasteiger partial charge is 0.454 e. The van der Waals surface area contributed by atoms with Crippen molar-refractivity contribution in [2.45, 2.75) is 83.6 Å². The molecule has 1 aromatic carbocycles. The lowest BCUT2D eigenvalue weighted by molar-refractivity contribution is -0.191. The molecule has 0 saturated carbocycles. The van der Waals surface area contributed by atoms with Crippen LogP contribution in [0.15, 0.2) is 23.0 Å². The molecule has 3 aliphatic heterocycles. The number of fused-ring (bicyclic) bond motifs is 5. The number of piperidine rings is 1. The topological polar surface area (TPSA) is 82.9 Å². The number of nitrogens with zero attached hydrogens (tertiary/aromatic N) is 3. The van der Waals surface area contributed by atoms with Crippen LogP contribution in [0.1, 0.15) is 81.0 Å². The number of pyridine rings is 2. The summed E-state index contributed by atoms with van der Waals surface area (Å²) < 4.78 is 48.8. The Kier molecular flexibility index (Phi) is 7.58. The third kappa shape index (κ3) is 4.68. The van der Waals surface area contributed by atoms with Gasteiger partial charge in [-0.2, -0.15) is 0 Å². The average molecular weight is 608 g/mol. The van der Waals surface area contributed by atoms with Gasteiger partial charge in [-0.25, -0.2) is 13.8 Å². The molecule has 5 heterocycles. The quantitative estimate of drug-likeness (QED) is 0.261. The molecule has 0 spiro atoms. The lowest BCUT2D eigenvalue weighted by Gasteiger charge is -2.37. The Bertz CT molecular complexity index is 1690. The molecule has 2 fully saturated rings. The van der Waals surface area contributed by atoms with E-state index in [0.29, 0.717) is 66.0 Å². The van der Waals surface area contributed by atoms with Crippen molar-refractivity contribution in [3.63, 3.8) is 0 Å². The number of halogens is 2. The minimum absolute atomic E-state index is 0.0207. The Balaban J connectivity index is 1.33. The van der Waals surface area contributed by atoms with Crippen LogP contribution in [0.2, 0.25) is 0 Å². The van der Waals surface area contributed by atoms with Crippen LogP contribution < -0.4 is 5.56 Å². The highest BCUT2D eigenvalue weighted by Gasteiger charge is 2.55. The Morgan fingerprint density at radius 2 is 1.82 bits per heavy atom. The molecule has 234 valence electrons. The van der Waals surface area contributed by atoms with E-state index < -0.39 is 23.5 Å². The van der Waals surface area contributed by atoms with Gasteiger partial charge in [0.15, 0.2) is 17.9 Å². The SMILES string of the molecule is CCC1(OC(=O)CCN2CCCCC2)c2cc3n(c(=O)c2CC1C1OCCO1)Cc1c-3nc2cc(F)c(F)cc2c1C(C)C. The molecule has 2 saturated heterocycles. The second kappa shape index (κ2) is 11.3. The van der Waals surface area contributed by atoms with Crippen LogP contribution in [0, 0.1) is 17.6 Å². The molecule has 8 nitrogen and oxygen atoms in total. The van der Waals surface area contributed by atoms with E-state index in [-0.39, 0.29) is 36.3 Å². The zero-order valence-corrected chi connectivity index (χ0v) is 25.6. The molecule has 0 radical (unpaired) electrons. The lowest BCUT2D eigenvalue weighted by atomic mass is 9.83. The number of hydrogen-bond donors (Lipinski definition) is 0. The van der Waals surface area contributed by atoms with Gasteiger partial charge in [-0.1, -0.05) is 27.2 Å². The van der Waals surface area contributed by atoms with Gasteiger partial charge in [0.05, 0.1) is 49.0 Å². The first-order valence-electron chi connectivity index (χ1n) is 16.0. The van der Waals surface area contributed by atoms with Crippen molar-refractivity contribution in [1.29, 1.82) is 0 Å². The summed E-state index contributed by atoms with van der Waals surface area (Å²) in [6.45, 7) is 9.74. The van der Waals surface area contributed by atoms with Crippen molar-refractivity contribution in [3.8, 4) is 11.4 Å². The fourth-order valence-electron chi connectivity index (χ4n) is 7.98. The first-order valence-corrected chi connectivity index (χ1v) is 16.0. The number of benzene rings is 1. The number of ether oxygens (including phenoxy) is 3. The maximum atomic E-state index is 14.4. The van der Waals surface area contributed by atoms with E-state index in [4.69, 9.17) is 19.2 Å². The summed E-state index contributed by atoms with van der Waals surface area (Å²) in [7, 11) is 0. The maximum absolute atomic E-state index is 14.4. The summed E-state index contributed by atoms with van der Waals surface area (Å²) in [5, 5.41) is 0.548. The summed E-state index contributed by atoms with van der Waals surface area (Å²) in [6.07, 6.45) is 3.95. The van der Waals surface area contributed by atoms with E-state index in [1.165, 1.54) is 12.5 Å². The van der Waals surface area contributed by atoms with Gasteiger partial charge in [0.1, 0.15) is 5.60 Å². The molecule has 2 aromatic heterocycles. The number of hydrogen-bond acceptors (Lipinski definition) is 7. The van der Waals surface area contributed by atoms with Gasteiger partial charge < -0.3 is 23.7 Å². The summed E-state index contributed by atoms with van der Waals surface area (Å²) in [5.74, 6) is -2.60. The Morgan fingerprint density at radius 3 is 2.52 bits per heavy atom. The van der Waals surface area contributed by atoms with Crippen molar-refractivity contribution in [2.75, 3.05) is 32.8 Å². The third-order valence-electron chi connectivity index (χ3n) is 10.1. The molecule has 0 amide bonds. The van der Waals surface area contributed by atoms with E-state index in [0.717, 1.165) is 43.1 Å². The van der Waals surface area contributed by atoms with E-state index in [1.54, 1.807) is 4.57 Å². The molecule has 44 heavy (non-hydrogen) atoms. The molecule has 1 aliphatic carbocycles. The smallest absolute Gasteiger partial charge is 0.307 e. The number of carbonyl (C=O) groups excluding carboxylic acids is 1. The molecule has 0 bridgehead atoms. The normalized spacial score (nSPS) is 23.4. The Hall–Kier alpha value is -3.21. The molecular weight excluding hydrogens is 568 g/mol. The van der Waals surface area contributed by atoms with Crippen molar-refractivity contribution in [1.82, 2.24) is 14.5 Å². The molecule has 0 N–H and O–H groups in total. The first-order chi connectivity index (χ1) is 21.2. The maximum Gasteiger partial charge on any atom is 0.307 e. The lowest BCUT2D eigenvalue weighted by Crippen LogP contribution is -2.43. The third-order valence-corrected chi connectivity index (χ3v) is 10.1. The molecular formula is C34H39F2N3O5. The molecule has 10 heteroatoms. The number of carbonyl (C=O) groups is 1. The molecule has 3 aromatic rings. The Labute approximate surface area is 255 Å². The number of esters is 1. The first kappa shape index (κ1) is 29.5. The van der Waals surface area contributed by atoms with Crippen LogP contribution in [0.25, 0.3) is 22.3 Å². The van der Waals surface area contributed by atoms with Crippen molar-refractivity contribution in [3.05, 3.63) is 62.4 Å². The highest BCUT2D eigenvalue weighted by Crippen LogP contribution is 2.51. The second-order valence-corrected chi connectivity index (χ2v) is 12.9. The van der Waals surface area contributed by atoms with Gasteiger partial charge in [-0.05, 0) is 62.4 Å². The van der Waals surface area contributed by atoms with Crippen LogP contribution >= 0.6 is 0 Å². The van der Waals surface area contributed by atoms with Crippen LogP contribution in [-0.2, 0) is 37.6 Å². The van der Waals surface area contributed by atoms with E-state index in [9.17, 15) is 18.4 Å². The van der Waals surface area contributed by atoms with Gasteiger partial charge >= 0.3 is 5.97 Å².